The summed E-state index contributed by atoms with van der Waals surface area (Å²) in [5, 5.41) is 17.6. The van der Waals surface area contributed by atoms with Gasteiger partial charge in [0.2, 0.25) is 11.8 Å². The third-order valence-corrected chi connectivity index (χ3v) is 8.38. The van der Waals surface area contributed by atoms with E-state index in [9.17, 15) is 29.1 Å². The number of Topliss-reactive ketones (excluding diaryl/α,β-unsaturated/α-hetero) is 1. The second kappa shape index (κ2) is 12.1. The number of amides is 4. The summed E-state index contributed by atoms with van der Waals surface area (Å²) in [4.78, 5) is 64.3. The number of aliphatic carboxylic acids is 1. The van der Waals surface area contributed by atoms with Gasteiger partial charge in [-0.25, -0.2) is 9.59 Å². The number of likely N-dealkylation sites (tertiary alicyclic amines) is 1. The molecule has 3 saturated carbocycles. The second-order valence-electron chi connectivity index (χ2n) is 11.1. The van der Waals surface area contributed by atoms with Crippen molar-refractivity contribution >= 4 is 29.6 Å². The molecule has 3 aliphatic carbocycles. The number of hydrogen-bond donors (Lipinski definition) is 4. The van der Waals surface area contributed by atoms with E-state index in [0.717, 1.165) is 64.2 Å². The van der Waals surface area contributed by atoms with Crippen LogP contribution in [0.15, 0.2) is 0 Å². The zero-order valence-electron chi connectivity index (χ0n) is 21.0. The van der Waals surface area contributed by atoms with Crippen LogP contribution in [0.5, 0.6) is 0 Å². The number of carboxylic acid groups (broad SMARTS) is 1. The predicted molar refractivity (Wildman–Crippen MR) is 131 cm³/mol. The number of nitrogens with zero attached hydrogens (tertiary/aromatic N) is 1. The fourth-order valence-corrected chi connectivity index (χ4v) is 5.85. The van der Waals surface area contributed by atoms with Crippen molar-refractivity contribution in [3.63, 3.8) is 0 Å². The minimum atomic E-state index is -1.06. The Hall–Kier alpha value is -2.65. The van der Waals surface area contributed by atoms with Crippen LogP contribution in [0.1, 0.15) is 83.5 Å². The number of nitrogens with one attached hydrogen (secondary N) is 3. The molecule has 0 bridgehead atoms. The maximum atomic E-state index is 12.9. The summed E-state index contributed by atoms with van der Waals surface area (Å²) in [6.45, 7) is 0.0977. The van der Waals surface area contributed by atoms with Crippen molar-refractivity contribution < 1.29 is 29.1 Å². The van der Waals surface area contributed by atoms with Crippen molar-refractivity contribution in [2.45, 2.75) is 102 Å². The molecule has 4 amide bonds. The molecule has 4 N–H and O–H groups in total. The van der Waals surface area contributed by atoms with Crippen LogP contribution in [0.3, 0.4) is 0 Å². The Bertz CT molecular complexity index is 849. The number of urea groups is 1. The lowest BCUT2D eigenvalue weighted by molar-refractivity contribution is -0.144. The molecule has 3 atom stereocenters. The minimum Gasteiger partial charge on any atom is -0.480 e. The molecule has 0 unspecified atom stereocenters. The highest BCUT2D eigenvalue weighted by molar-refractivity contribution is 5.94. The SMILES string of the molecule is O=C(NCC(=O)N1CCC[C@H]1C(=O)N[C@@H](CC1CCC1)C(=O)O)N[C@H](C(=O)C1CC1)C1CCCCC1. The normalized spacial score (nSPS) is 24.3. The largest absolute Gasteiger partial charge is 0.480 e. The van der Waals surface area contributed by atoms with Gasteiger partial charge in [0.05, 0.1) is 12.6 Å². The van der Waals surface area contributed by atoms with Crippen molar-refractivity contribution in [1.82, 2.24) is 20.9 Å². The average molecular weight is 505 g/mol. The van der Waals surface area contributed by atoms with E-state index in [4.69, 9.17) is 0 Å². The number of hydrogen-bond acceptors (Lipinski definition) is 5. The maximum absolute atomic E-state index is 12.9. The first kappa shape index (κ1) is 26.4. The topological polar surface area (TPSA) is 145 Å². The van der Waals surface area contributed by atoms with Crippen molar-refractivity contribution in [2.24, 2.45) is 17.8 Å². The first-order valence-corrected chi connectivity index (χ1v) is 13.7. The summed E-state index contributed by atoms with van der Waals surface area (Å²) in [6, 6.07) is -2.75. The Labute approximate surface area is 212 Å². The monoisotopic (exact) mass is 504 g/mol. The Balaban J connectivity index is 1.27. The van der Waals surface area contributed by atoms with Gasteiger partial charge in [-0.3, -0.25) is 14.4 Å². The Morgan fingerprint density at radius 2 is 1.56 bits per heavy atom. The molecule has 4 rings (SSSR count). The molecular weight excluding hydrogens is 464 g/mol. The lowest BCUT2D eigenvalue weighted by atomic mass is 9.81. The molecule has 10 nitrogen and oxygen atoms in total. The molecule has 1 aliphatic heterocycles. The third kappa shape index (κ3) is 6.76. The van der Waals surface area contributed by atoms with Crippen LogP contribution in [0, 0.1) is 17.8 Å². The molecule has 1 saturated heterocycles. The van der Waals surface area contributed by atoms with E-state index >= 15 is 0 Å². The van der Waals surface area contributed by atoms with Gasteiger partial charge < -0.3 is 26.0 Å². The summed E-state index contributed by atoms with van der Waals surface area (Å²) in [5.41, 5.74) is 0. The molecule has 0 spiro atoms. The molecule has 1 heterocycles. The second-order valence-corrected chi connectivity index (χ2v) is 11.1. The van der Waals surface area contributed by atoms with E-state index < -0.39 is 41.9 Å². The van der Waals surface area contributed by atoms with E-state index in [1.165, 1.54) is 4.90 Å². The molecule has 0 aromatic carbocycles. The molecule has 4 fully saturated rings. The number of carbonyl (C=O) groups excluding carboxylic acids is 4. The highest BCUT2D eigenvalue weighted by Gasteiger charge is 2.40. The van der Waals surface area contributed by atoms with E-state index in [-0.39, 0.29) is 24.2 Å². The molecule has 36 heavy (non-hydrogen) atoms. The number of carboxylic acids is 1. The molecule has 4 aliphatic rings. The average Bonchev–Trinajstić information content (AvgIpc) is 3.58. The van der Waals surface area contributed by atoms with Crippen LogP contribution in [0.4, 0.5) is 4.79 Å². The fourth-order valence-electron chi connectivity index (χ4n) is 5.85. The van der Waals surface area contributed by atoms with E-state index in [1.807, 2.05) is 0 Å². The lowest BCUT2D eigenvalue weighted by Gasteiger charge is -2.31. The molecule has 0 radical (unpaired) electrons. The van der Waals surface area contributed by atoms with Gasteiger partial charge in [-0.15, -0.1) is 0 Å². The van der Waals surface area contributed by atoms with Gasteiger partial charge in [-0.05, 0) is 56.8 Å². The van der Waals surface area contributed by atoms with Gasteiger partial charge in [0.25, 0.3) is 0 Å². The molecular formula is C26H40N4O6. The summed E-state index contributed by atoms with van der Waals surface area (Å²) >= 11 is 0. The van der Waals surface area contributed by atoms with Gasteiger partial charge in [0, 0.05) is 12.5 Å². The standard InChI is InChI=1S/C26H40N4O6/c31-21(15-27-26(36)29-22(23(32)18-11-12-18)17-8-2-1-3-9-17)30-13-5-10-20(30)24(33)28-19(25(34)35)14-16-6-4-7-16/h16-20,22H,1-15H2,(H,28,33)(H,34,35)(H2,27,29,36)/t19-,20-,22-/m0/s1. The summed E-state index contributed by atoms with van der Waals surface area (Å²) in [6.07, 6.45) is 11.4. The number of carbonyl (C=O) groups is 5. The van der Waals surface area contributed by atoms with E-state index in [1.54, 1.807) is 0 Å². The van der Waals surface area contributed by atoms with Gasteiger partial charge in [-0.1, -0.05) is 38.5 Å². The Kier molecular flexibility index (Phi) is 8.85. The minimum absolute atomic E-state index is 0.0432. The van der Waals surface area contributed by atoms with Crippen molar-refractivity contribution in [3.8, 4) is 0 Å². The number of rotatable bonds is 11. The van der Waals surface area contributed by atoms with Gasteiger partial charge in [0.15, 0.2) is 5.78 Å². The summed E-state index contributed by atoms with van der Waals surface area (Å²) < 4.78 is 0. The Morgan fingerprint density at radius 1 is 0.833 bits per heavy atom. The molecule has 10 heteroatoms. The van der Waals surface area contributed by atoms with Crippen LogP contribution >= 0.6 is 0 Å². The zero-order chi connectivity index (χ0) is 25.7. The summed E-state index contributed by atoms with van der Waals surface area (Å²) in [7, 11) is 0. The Morgan fingerprint density at radius 3 is 2.17 bits per heavy atom. The van der Waals surface area contributed by atoms with E-state index in [2.05, 4.69) is 16.0 Å². The van der Waals surface area contributed by atoms with Crippen LogP contribution in [0.25, 0.3) is 0 Å². The fraction of sp³-hybridized carbons (Fsp3) is 0.808. The highest BCUT2D eigenvalue weighted by Crippen LogP contribution is 2.35. The maximum Gasteiger partial charge on any atom is 0.326 e. The van der Waals surface area contributed by atoms with Crippen molar-refractivity contribution in [1.29, 1.82) is 0 Å². The quantitative estimate of drug-likeness (QED) is 0.339. The van der Waals surface area contributed by atoms with E-state index in [0.29, 0.717) is 31.7 Å². The van der Waals surface area contributed by atoms with Gasteiger partial charge >= 0.3 is 12.0 Å². The smallest absolute Gasteiger partial charge is 0.326 e. The van der Waals surface area contributed by atoms with Crippen LogP contribution in [-0.4, -0.2) is 70.8 Å². The van der Waals surface area contributed by atoms with Crippen molar-refractivity contribution in [2.75, 3.05) is 13.1 Å². The summed E-state index contributed by atoms with van der Waals surface area (Å²) in [5.74, 6) is -1.29. The van der Waals surface area contributed by atoms with Gasteiger partial charge in [-0.2, -0.15) is 0 Å². The first-order valence-electron chi connectivity index (χ1n) is 13.7. The first-order chi connectivity index (χ1) is 17.3. The lowest BCUT2D eigenvalue weighted by Crippen LogP contribution is -2.54. The van der Waals surface area contributed by atoms with Crippen molar-refractivity contribution in [3.05, 3.63) is 0 Å². The molecule has 0 aromatic heterocycles. The highest BCUT2D eigenvalue weighted by atomic mass is 16.4. The van der Waals surface area contributed by atoms with Crippen LogP contribution < -0.4 is 16.0 Å². The zero-order valence-corrected chi connectivity index (χ0v) is 21.0. The molecule has 200 valence electrons. The third-order valence-electron chi connectivity index (χ3n) is 8.38. The van der Waals surface area contributed by atoms with Crippen LogP contribution in [0.2, 0.25) is 0 Å². The molecule has 0 aromatic rings. The van der Waals surface area contributed by atoms with Gasteiger partial charge in [0.1, 0.15) is 12.1 Å². The van der Waals surface area contributed by atoms with Crippen LogP contribution in [-0.2, 0) is 19.2 Å². The number of ketones is 1. The predicted octanol–water partition coefficient (Wildman–Crippen LogP) is 1.96.